The summed E-state index contributed by atoms with van der Waals surface area (Å²) in [6.07, 6.45) is 2.05. The third kappa shape index (κ3) is 3.29. The van der Waals surface area contributed by atoms with Crippen molar-refractivity contribution in [1.82, 2.24) is 24.5 Å². The Balaban J connectivity index is 1.71. The van der Waals surface area contributed by atoms with Gasteiger partial charge in [-0.2, -0.15) is 5.10 Å². The summed E-state index contributed by atoms with van der Waals surface area (Å²) in [5.74, 6) is -0.193. The van der Waals surface area contributed by atoms with Gasteiger partial charge in [-0.25, -0.2) is 4.98 Å². The van der Waals surface area contributed by atoms with Crippen molar-refractivity contribution in [3.8, 4) is 11.3 Å². The molecule has 3 heterocycles. The lowest BCUT2D eigenvalue weighted by Gasteiger charge is -2.08. The molecule has 4 rings (SSSR count). The average Bonchev–Trinajstić information content (AvgIpc) is 3.20. The Bertz CT molecular complexity index is 1150. The molecule has 3 aromatic heterocycles. The highest BCUT2D eigenvalue weighted by Gasteiger charge is 2.17. The molecule has 0 fully saturated rings. The van der Waals surface area contributed by atoms with Crippen molar-refractivity contribution in [1.29, 1.82) is 0 Å². The Hall–Kier alpha value is -3.41. The lowest BCUT2D eigenvalue weighted by atomic mass is 10.1. The molecular formula is C22H23N5O. The van der Waals surface area contributed by atoms with Gasteiger partial charge in [0.15, 0.2) is 0 Å². The van der Waals surface area contributed by atoms with Gasteiger partial charge in [0.05, 0.1) is 17.9 Å². The van der Waals surface area contributed by atoms with Gasteiger partial charge < -0.3 is 9.72 Å². The van der Waals surface area contributed by atoms with Gasteiger partial charge in [0.25, 0.3) is 5.91 Å². The van der Waals surface area contributed by atoms with Gasteiger partial charge >= 0.3 is 0 Å². The van der Waals surface area contributed by atoms with Crippen molar-refractivity contribution >= 4 is 11.6 Å². The fraction of sp³-hybridized carbons (Fsp3) is 0.227. The first-order valence-corrected chi connectivity index (χ1v) is 9.26. The molecule has 0 saturated carbocycles. The number of carbonyl (C=O) groups excluding carboxylic acids is 1. The molecule has 1 amide bonds. The Labute approximate surface area is 163 Å². The average molecular weight is 373 g/mol. The Morgan fingerprint density at radius 1 is 1.04 bits per heavy atom. The largest absolute Gasteiger partial charge is 0.345 e. The van der Waals surface area contributed by atoms with Crippen molar-refractivity contribution in [2.45, 2.75) is 27.3 Å². The summed E-state index contributed by atoms with van der Waals surface area (Å²) in [6.45, 7) is 6.39. The lowest BCUT2D eigenvalue weighted by molar-refractivity contribution is 0.0944. The minimum absolute atomic E-state index is 0.193. The predicted molar refractivity (Wildman–Crippen MR) is 109 cm³/mol. The monoisotopic (exact) mass is 373 g/mol. The van der Waals surface area contributed by atoms with E-state index < -0.39 is 0 Å². The molecule has 0 aliphatic rings. The predicted octanol–water partition coefficient (Wildman–Crippen LogP) is 3.59. The van der Waals surface area contributed by atoms with Gasteiger partial charge in [0.1, 0.15) is 11.3 Å². The van der Waals surface area contributed by atoms with Crippen LogP contribution in [0.1, 0.15) is 33.0 Å². The minimum atomic E-state index is -0.193. The van der Waals surface area contributed by atoms with Crippen LogP contribution in [0.3, 0.4) is 0 Å². The molecule has 6 nitrogen and oxygen atoms in total. The SMILES string of the molecule is Cc1ccc(-c2nc3ccc(C)cn3c2CNC(=O)c2cc(C)n(C)n2)cc1. The van der Waals surface area contributed by atoms with Crippen LogP contribution < -0.4 is 5.32 Å². The van der Waals surface area contributed by atoms with E-state index in [1.807, 2.05) is 39.2 Å². The van der Waals surface area contributed by atoms with E-state index in [0.717, 1.165) is 33.9 Å². The molecule has 0 bridgehead atoms. The molecule has 0 aliphatic carbocycles. The third-order valence-corrected chi connectivity index (χ3v) is 4.95. The van der Waals surface area contributed by atoms with Gasteiger partial charge in [-0.3, -0.25) is 9.48 Å². The van der Waals surface area contributed by atoms with E-state index in [4.69, 9.17) is 4.98 Å². The Kier molecular flexibility index (Phi) is 4.47. The van der Waals surface area contributed by atoms with E-state index in [-0.39, 0.29) is 5.91 Å². The topological polar surface area (TPSA) is 64.2 Å². The zero-order valence-corrected chi connectivity index (χ0v) is 16.5. The number of amides is 1. The summed E-state index contributed by atoms with van der Waals surface area (Å²) in [5, 5.41) is 7.26. The summed E-state index contributed by atoms with van der Waals surface area (Å²) < 4.78 is 3.75. The van der Waals surface area contributed by atoms with Crippen LogP contribution in [0.5, 0.6) is 0 Å². The second kappa shape index (κ2) is 6.96. The fourth-order valence-corrected chi connectivity index (χ4v) is 3.24. The van der Waals surface area contributed by atoms with Crippen LogP contribution in [0.2, 0.25) is 0 Å². The van der Waals surface area contributed by atoms with Crippen molar-refractivity contribution < 1.29 is 4.79 Å². The first-order valence-electron chi connectivity index (χ1n) is 9.26. The summed E-state index contributed by atoms with van der Waals surface area (Å²) in [4.78, 5) is 17.4. The maximum absolute atomic E-state index is 12.6. The van der Waals surface area contributed by atoms with Gasteiger partial charge in [-0.15, -0.1) is 0 Å². The van der Waals surface area contributed by atoms with E-state index in [1.54, 1.807) is 10.7 Å². The van der Waals surface area contributed by atoms with E-state index in [1.165, 1.54) is 5.56 Å². The molecule has 1 aromatic carbocycles. The van der Waals surface area contributed by atoms with Crippen LogP contribution in [0.25, 0.3) is 16.9 Å². The van der Waals surface area contributed by atoms with Crippen molar-refractivity contribution in [3.05, 3.63) is 76.9 Å². The van der Waals surface area contributed by atoms with E-state index in [0.29, 0.717) is 12.2 Å². The van der Waals surface area contributed by atoms with Gasteiger partial charge in [0, 0.05) is 24.5 Å². The highest BCUT2D eigenvalue weighted by Crippen LogP contribution is 2.25. The maximum Gasteiger partial charge on any atom is 0.272 e. The summed E-state index contributed by atoms with van der Waals surface area (Å²) in [6, 6.07) is 14.1. The fourth-order valence-electron chi connectivity index (χ4n) is 3.24. The Morgan fingerprint density at radius 2 is 1.75 bits per heavy atom. The standard InChI is InChI=1S/C22H23N5O/c1-14-5-8-17(9-6-14)21-19(27-13-15(2)7-10-20(27)24-21)12-23-22(28)18-11-16(3)26(4)25-18/h5-11,13H,12H2,1-4H3,(H,23,28). The number of carbonyl (C=O) groups is 1. The van der Waals surface area contributed by atoms with Crippen LogP contribution in [0.15, 0.2) is 48.7 Å². The van der Waals surface area contributed by atoms with Crippen LogP contribution in [0, 0.1) is 20.8 Å². The van der Waals surface area contributed by atoms with Crippen molar-refractivity contribution in [2.24, 2.45) is 7.05 Å². The lowest BCUT2D eigenvalue weighted by Crippen LogP contribution is -2.24. The number of aromatic nitrogens is 4. The number of benzene rings is 1. The number of pyridine rings is 1. The van der Waals surface area contributed by atoms with Crippen LogP contribution in [-0.4, -0.2) is 25.1 Å². The molecule has 0 spiro atoms. The number of rotatable bonds is 4. The highest BCUT2D eigenvalue weighted by molar-refractivity contribution is 5.92. The molecule has 0 atom stereocenters. The smallest absolute Gasteiger partial charge is 0.272 e. The molecule has 0 unspecified atom stereocenters. The normalized spacial score (nSPS) is 11.1. The van der Waals surface area contributed by atoms with Gasteiger partial charge in [0.2, 0.25) is 0 Å². The molecule has 0 aliphatic heterocycles. The molecular weight excluding hydrogens is 350 g/mol. The molecule has 28 heavy (non-hydrogen) atoms. The second-order valence-corrected chi connectivity index (χ2v) is 7.19. The minimum Gasteiger partial charge on any atom is -0.345 e. The first-order chi connectivity index (χ1) is 13.4. The quantitative estimate of drug-likeness (QED) is 0.595. The second-order valence-electron chi connectivity index (χ2n) is 7.19. The number of hydrogen-bond acceptors (Lipinski definition) is 3. The highest BCUT2D eigenvalue weighted by atomic mass is 16.1. The molecule has 1 N–H and O–H groups in total. The van der Waals surface area contributed by atoms with Gasteiger partial charge in [-0.05, 0) is 38.5 Å². The molecule has 4 aromatic rings. The number of imidazole rings is 1. The molecule has 0 radical (unpaired) electrons. The zero-order valence-electron chi connectivity index (χ0n) is 16.5. The summed E-state index contributed by atoms with van der Waals surface area (Å²) >= 11 is 0. The molecule has 142 valence electrons. The maximum atomic E-state index is 12.6. The first kappa shape index (κ1) is 18.0. The van der Waals surface area contributed by atoms with Crippen molar-refractivity contribution in [2.75, 3.05) is 0 Å². The number of nitrogens with zero attached hydrogens (tertiary/aromatic N) is 4. The molecule has 0 saturated heterocycles. The van der Waals surface area contributed by atoms with Crippen LogP contribution in [0.4, 0.5) is 0 Å². The summed E-state index contributed by atoms with van der Waals surface area (Å²) in [7, 11) is 1.83. The Morgan fingerprint density at radius 3 is 2.43 bits per heavy atom. The summed E-state index contributed by atoms with van der Waals surface area (Å²) in [5.41, 5.74) is 7.41. The number of hydrogen-bond donors (Lipinski definition) is 1. The van der Waals surface area contributed by atoms with E-state index in [9.17, 15) is 4.79 Å². The molecule has 6 heteroatoms. The van der Waals surface area contributed by atoms with E-state index in [2.05, 4.69) is 46.0 Å². The van der Waals surface area contributed by atoms with Crippen molar-refractivity contribution in [3.63, 3.8) is 0 Å². The number of nitrogens with one attached hydrogen (secondary N) is 1. The third-order valence-electron chi connectivity index (χ3n) is 4.95. The van der Waals surface area contributed by atoms with E-state index >= 15 is 0 Å². The van der Waals surface area contributed by atoms with Gasteiger partial charge in [-0.1, -0.05) is 35.9 Å². The van der Waals surface area contributed by atoms with Crippen LogP contribution in [-0.2, 0) is 13.6 Å². The van der Waals surface area contributed by atoms with Crippen LogP contribution >= 0.6 is 0 Å². The number of aryl methyl sites for hydroxylation is 4. The zero-order chi connectivity index (χ0) is 19.8. The number of fused-ring (bicyclic) bond motifs is 1.